The van der Waals surface area contributed by atoms with E-state index in [1.54, 1.807) is 0 Å². The van der Waals surface area contributed by atoms with Gasteiger partial charge in [0, 0.05) is 25.0 Å². The van der Waals surface area contributed by atoms with E-state index in [1.165, 1.54) is 19.3 Å². The van der Waals surface area contributed by atoms with Crippen LogP contribution in [-0.4, -0.2) is 36.7 Å². The predicted octanol–water partition coefficient (Wildman–Crippen LogP) is 3.30. The molecule has 1 atom stereocenters. The fourth-order valence-corrected chi connectivity index (χ4v) is 3.59. The van der Waals surface area contributed by atoms with Gasteiger partial charge in [-0.2, -0.15) is 0 Å². The van der Waals surface area contributed by atoms with Gasteiger partial charge in [0.2, 0.25) is 0 Å². The first-order chi connectivity index (χ1) is 9.03. The van der Waals surface area contributed by atoms with E-state index >= 15 is 0 Å². The molecule has 2 rings (SSSR count). The van der Waals surface area contributed by atoms with Crippen LogP contribution in [0, 0.1) is 11.3 Å². The molecule has 0 aromatic heterocycles. The van der Waals surface area contributed by atoms with Crippen LogP contribution in [0.25, 0.3) is 0 Å². The Labute approximate surface area is 122 Å². The number of ether oxygens (including phenoxy) is 1. The molecule has 0 aromatic carbocycles. The van der Waals surface area contributed by atoms with E-state index in [4.69, 9.17) is 4.74 Å². The Bertz CT molecular complexity index is 308. The van der Waals surface area contributed by atoms with Crippen LogP contribution in [-0.2, 0) is 4.74 Å². The van der Waals surface area contributed by atoms with Gasteiger partial charge < -0.3 is 10.1 Å². The van der Waals surface area contributed by atoms with E-state index in [1.807, 2.05) is 11.8 Å². The predicted molar refractivity (Wildman–Crippen MR) is 83.9 cm³/mol. The van der Waals surface area contributed by atoms with Gasteiger partial charge >= 0.3 is 0 Å². The molecule has 0 bridgehead atoms. The van der Waals surface area contributed by atoms with Gasteiger partial charge in [0.15, 0.2) is 5.17 Å². The van der Waals surface area contributed by atoms with Crippen LogP contribution < -0.4 is 5.32 Å². The van der Waals surface area contributed by atoms with Crippen molar-refractivity contribution >= 4 is 16.9 Å². The second kappa shape index (κ2) is 6.98. The minimum atomic E-state index is 0.402. The summed E-state index contributed by atoms with van der Waals surface area (Å²) >= 11 is 1.91. The summed E-state index contributed by atoms with van der Waals surface area (Å²) in [7, 11) is 0. The van der Waals surface area contributed by atoms with E-state index in [0.717, 1.165) is 43.8 Å². The number of thioether (sulfide) groups is 1. The van der Waals surface area contributed by atoms with Crippen LogP contribution in [0.4, 0.5) is 0 Å². The monoisotopic (exact) mass is 284 g/mol. The summed E-state index contributed by atoms with van der Waals surface area (Å²) in [5.74, 6) is 0.876. The van der Waals surface area contributed by atoms with Crippen LogP contribution in [0.1, 0.15) is 46.5 Å². The third kappa shape index (κ3) is 6.66. The Morgan fingerprint density at radius 3 is 2.84 bits per heavy atom. The standard InChI is InChI=1S/C15H28N2OS/c1-15(2,3)9-13-10-17-14(19-13)16-7-4-8-18-11-12-5-6-12/h12-13H,4-11H2,1-3H3,(H,16,17). The molecular formula is C15H28N2OS. The van der Waals surface area contributed by atoms with E-state index in [0.29, 0.717) is 10.7 Å². The summed E-state index contributed by atoms with van der Waals surface area (Å²) in [5.41, 5.74) is 0.402. The topological polar surface area (TPSA) is 33.6 Å². The molecule has 19 heavy (non-hydrogen) atoms. The van der Waals surface area contributed by atoms with Gasteiger partial charge in [-0.05, 0) is 37.0 Å². The summed E-state index contributed by atoms with van der Waals surface area (Å²) in [5, 5.41) is 5.23. The summed E-state index contributed by atoms with van der Waals surface area (Å²) in [4.78, 5) is 4.59. The molecule has 3 nitrogen and oxygen atoms in total. The van der Waals surface area contributed by atoms with Crippen molar-refractivity contribution in [2.75, 3.05) is 26.3 Å². The minimum Gasteiger partial charge on any atom is -0.381 e. The van der Waals surface area contributed by atoms with Crippen LogP contribution in [0.5, 0.6) is 0 Å². The first kappa shape index (κ1) is 15.2. The lowest BCUT2D eigenvalue weighted by atomic mass is 9.90. The largest absolute Gasteiger partial charge is 0.381 e. The smallest absolute Gasteiger partial charge is 0.156 e. The molecule has 0 amide bonds. The molecule has 110 valence electrons. The highest BCUT2D eigenvalue weighted by molar-refractivity contribution is 8.14. The SMILES string of the molecule is CC(C)(C)CC1CN=C(NCCCOCC2CC2)S1. The number of amidine groups is 1. The van der Waals surface area contributed by atoms with Gasteiger partial charge in [0.25, 0.3) is 0 Å². The van der Waals surface area contributed by atoms with Crippen molar-refractivity contribution in [3.63, 3.8) is 0 Å². The molecule has 1 heterocycles. The van der Waals surface area contributed by atoms with Crippen LogP contribution in [0.3, 0.4) is 0 Å². The van der Waals surface area contributed by atoms with Crippen molar-refractivity contribution in [2.45, 2.75) is 51.7 Å². The second-order valence-electron chi connectivity index (χ2n) is 6.95. The third-order valence-electron chi connectivity index (χ3n) is 3.35. The molecule has 1 fully saturated rings. The molecule has 1 aliphatic carbocycles. The van der Waals surface area contributed by atoms with Crippen LogP contribution >= 0.6 is 11.8 Å². The van der Waals surface area contributed by atoms with Gasteiger partial charge in [-0.25, -0.2) is 0 Å². The Kier molecular flexibility index (Phi) is 5.58. The van der Waals surface area contributed by atoms with Crippen LogP contribution in [0.15, 0.2) is 4.99 Å². The quantitative estimate of drug-likeness (QED) is 0.728. The number of rotatable bonds is 7. The van der Waals surface area contributed by atoms with Crippen molar-refractivity contribution < 1.29 is 4.74 Å². The zero-order chi connectivity index (χ0) is 13.7. The van der Waals surface area contributed by atoms with Crippen LogP contribution in [0.2, 0.25) is 0 Å². The van der Waals surface area contributed by atoms with E-state index in [-0.39, 0.29) is 0 Å². The Balaban J connectivity index is 1.47. The fourth-order valence-electron chi connectivity index (χ4n) is 2.21. The van der Waals surface area contributed by atoms with Crippen molar-refractivity contribution in [2.24, 2.45) is 16.3 Å². The van der Waals surface area contributed by atoms with Crippen molar-refractivity contribution in [1.82, 2.24) is 5.32 Å². The third-order valence-corrected chi connectivity index (χ3v) is 4.49. The zero-order valence-corrected chi connectivity index (χ0v) is 13.4. The molecule has 2 aliphatic rings. The first-order valence-corrected chi connectivity index (χ1v) is 8.44. The normalized spacial score (nSPS) is 23.5. The van der Waals surface area contributed by atoms with Crippen molar-refractivity contribution in [3.05, 3.63) is 0 Å². The van der Waals surface area contributed by atoms with Gasteiger partial charge in [-0.3, -0.25) is 4.99 Å². The minimum absolute atomic E-state index is 0.402. The lowest BCUT2D eigenvalue weighted by molar-refractivity contribution is 0.123. The summed E-state index contributed by atoms with van der Waals surface area (Å²) in [6, 6.07) is 0. The molecule has 0 saturated heterocycles. The Hall–Kier alpha value is -0.220. The number of hydrogen-bond acceptors (Lipinski definition) is 4. The van der Waals surface area contributed by atoms with E-state index in [2.05, 4.69) is 31.1 Å². The second-order valence-corrected chi connectivity index (χ2v) is 8.24. The maximum absolute atomic E-state index is 5.62. The van der Waals surface area contributed by atoms with Gasteiger partial charge in [-0.1, -0.05) is 32.5 Å². The highest BCUT2D eigenvalue weighted by Gasteiger charge is 2.24. The average Bonchev–Trinajstić information content (AvgIpc) is 3.03. The number of nitrogens with zero attached hydrogens (tertiary/aromatic N) is 1. The summed E-state index contributed by atoms with van der Waals surface area (Å²) < 4.78 is 5.62. The molecule has 1 unspecified atom stereocenters. The van der Waals surface area contributed by atoms with E-state index in [9.17, 15) is 0 Å². The van der Waals surface area contributed by atoms with Crippen molar-refractivity contribution in [3.8, 4) is 0 Å². The highest BCUT2D eigenvalue weighted by Crippen LogP contribution is 2.31. The summed E-state index contributed by atoms with van der Waals surface area (Å²) in [6.07, 6.45) is 5.06. The molecule has 1 aliphatic heterocycles. The van der Waals surface area contributed by atoms with Crippen molar-refractivity contribution in [1.29, 1.82) is 0 Å². The van der Waals surface area contributed by atoms with Gasteiger partial charge in [0.05, 0.1) is 6.54 Å². The maximum Gasteiger partial charge on any atom is 0.156 e. The number of aliphatic imine (C=N–C) groups is 1. The van der Waals surface area contributed by atoms with Gasteiger partial charge in [-0.15, -0.1) is 0 Å². The molecule has 0 spiro atoms. The summed E-state index contributed by atoms with van der Waals surface area (Å²) in [6.45, 7) is 10.7. The maximum atomic E-state index is 5.62. The lowest BCUT2D eigenvalue weighted by Gasteiger charge is -2.21. The first-order valence-electron chi connectivity index (χ1n) is 7.56. The zero-order valence-electron chi connectivity index (χ0n) is 12.6. The molecule has 4 heteroatoms. The van der Waals surface area contributed by atoms with E-state index < -0.39 is 0 Å². The lowest BCUT2D eigenvalue weighted by Crippen LogP contribution is -2.22. The Morgan fingerprint density at radius 1 is 1.37 bits per heavy atom. The fraction of sp³-hybridized carbons (Fsp3) is 0.933. The molecular weight excluding hydrogens is 256 g/mol. The molecule has 0 radical (unpaired) electrons. The average molecular weight is 284 g/mol. The highest BCUT2D eigenvalue weighted by atomic mass is 32.2. The molecule has 1 saturated carbocycles. The number of nitrogens with one attached hydrogen (secondary N) is 1. The Morgan fingerprint density at radius 2 is 2.16 bits per heavy atom. The number of hydrogen-bond donors (Lipinski definition) is 1. The molecule has 0 aromatic rings. The molecule has 1 N–H and O–H groups in total. The van der Waals surface area contributed by atoms with Gasteiger partial charge in [0.1, 0.15) is 0 Å².